The summed E-state index contributed by atoms with van der Waals surface area (Å²) in [5, 5.41) is 1.14. The lowest BCUT2D eigenvalue weighted by molar-refractivity contribution is -0.694. The molecule has 3 aromatic rings. The zero-order valence-corrected chi connectivity index (χ0v) is 14.5. The van der Waals surface area contributed by atoms with Crippen molar-refractivity contribution in [2.24, 2.45) is 0 Å². The lowest BCUT2D eigenvalue weighted by Gasteiger charge is -2.02. The number of nitrogens with zero attached hydrogens (tertiary/aromatic N) is 2. The lowest BCUT2D eigenvalue weighted by Crippen LogP contribution is -2.36. The number of aromatic nitrogens is 2. The van der Waals surface area contributed by atoms with E-state index in [1.807, 2.05) is 30.3 Å². The minimum Gasteiger partial charge on any atom is -0.229 e. The van der Waals surface area contributed by atoms with Crippen molar-refractivity contribution in [2.75, 3.05) is 0 Å². The first-order valence-corrected chi connectivity index (χ1v) is 8.69. The highest BCUT2D eigenvalue weighted by Crippen LogP contribution is 2.26. The van der Waals surface area contributed by atoms with Crippen LogP contribution in [0.5, 0.6) is 0 Å². The molecule has 0 saturated heterocycles. The maximum Gasteiger partial charge on any atom is 0.257 e. The van der Waals surface area contributed by atoms with E-state index in [9.17, 15) is 4.39 Å². The Kier molecular flexibility index (Phi) is 4.07. The molecule has 2 nitrogen and oxygen atoms in total. The van der Waals surface area contributed by atoms with Crippen LogP contribution in [0, 0.1) is 5.82 Å². The average Bonchev–Trinajstić information content (AvgIpc) is 3.16. The quantitative estimate of drug-likeness (QED) is 0.587. The molecule has 0 amide bonds. The molecule has 0 radical (unpaired) electrons. The zero-order valence-electron chi connectivity index (χ0n) is 13.0. The van der Waals surface area contributed by atoms with E-state index < -0.39 is 0 Å². The van der Waals surface area contributed by atoms with Crippen molar-refractivity contribution in [3.63, 3.8) is 0 Å². The van der Waals surface area contributed by atoms with Crippen LogP contribution in [0.25, 0.3) is 11.3 Å². The van der Waals surface area contributed by atoms with Crippen molar-refractivity contribution in [1.82, 2.24) is 4.57 Å². The molecule has 0 N–H and O–H groups in total. The molecule has 0 saturated carbocycles. The number of rotatable bonds is 3. The van der Waals surface area contributed by atoms with Gasteiger partial charge in [-0.1, -0.05) is 29.3 Å². The SMILES string of the molecule is Fc1ccc(-c2c[n+](Cc3ccc(Cl)c(Cl)c3)c3n2CCC3)cc1. The molecule has 0 atom stereocenters. The van der Waals surface area contributed by atoms with Gasteiger partial charge in [-0.05, 0) is 48.4 Å². The fraction of sp³-hybridized carbons (Fsp3) is 0.211. The van der Waals surface area contributed by atoms with Gasteiger partial charge in [0.25, 0.3) is 5.82 Å². The first kappa shape index (κ1) is 15.7. The summed E-state index contributed by atoms with van der Waals surface area (Å²) < 4.78 is 17.8. The van der Waals surface area contributed by atoms with Crippen molar-refractivity contribution < 1.29 is 8.96 Å². The molecule has 1 aromatic heterocycles. The van der Waals surface area contributed by atoms with Gasteiger partial charge in [-0.3, -0.25) is 0 Å². The van der Waals surface area contributed by atoms with Gasteiger partial charge in [-0.2, -0.15) is 0 Å². The van der Waals surface area contributed by atoms with Gasteiger partial charge < -0.3 is 0 Å². The Balaban J connectivity index is 1.73. The number of benzene rings is 2. The third-order valence-electron chi connectivity index (χ3n) is 4.47. The first-order chi connectivity index (χ1) is 11.6. The normalized spacial score (nSPS) is 13.3. The van der Waals surface area contributed by atoms with E-state index in [1.165, 1.54) is 18.0 Å². The van der Waals surface area contributed by atoms with Crippen molar-refractivity contribution in [2.45, 2.75) is 25.9 Å². The Labute approximate surface area is 150 Å². The van der Waals surface area contributed by atoms with Gasteiger partial charge in [0.15, 0.2) is 5.69 Å². The first-order valence-electron chi connectivity index (χ1n) is 7.93. The molecule has 2 heterocycles. The fourth-order valence-corrected chi connectivity index (χ4v) is 3.65. The smallest absolute Gasteiger partial charge is 0.229 e. The number of hydrogen-bond acceptors (Lipinski definition) is 0. The molecule has 1 aliphatic rings. The molecule has 0 bridgehead atoms. The number of hydrogen-bond donors (Lipinski definition) is 0. The van der Waals surface area contributed by atoms with Gasteiger partial charge in [0, 0.05) is 5.56 Å². The Morgan fingerprint density at radius 1 is 1.04 bits per heavy atom. The standard InChI is InChI=1S/C19H16Cl2FN2/c20-16-8-3-13(10-17(16)21)11-23-12-18(24-9-1-2-19(23)24)14-4-6-15(22)7-5-14/h3-8,10,12H,1-2,9,11H2/q+1. The summed E-state index contributed by atoms with van der Waals surface area (Å²) in [5.41, 5.74) is 3.27. The van der Waals surface area contributed by atoms with E-state index >= 15 is 0 Å². The summed E-state index contributed by atoms with van der Waals surface area (Å²) in [4.78, 5) is 0. The molecule has 4 rings (SSSR count). The number of imidazole rings is 1. The molecule has 122 valence electrons. The monoisotopic (exact) mass is 361 g/mol. The molecular formula is C19H16Cl2FN2+. The van der Waals surface area contributed by atoms with E-state index in [1.54, 1.807) is 0 Å². The van der Waals surface area contributed by atoms with E-state index in [0.717, 1.165) is 42.8 Å². The summed E-state index contributed by atoms with van der Waals surface area (Å²) in [7, 11) is 0. The van der Waals surface area contributed by atoms with Crippen LogP contribution in [0.4, 0.5) is 4.39 Å². The molecule has 0 spiro atoms. The summed E-state index contributed by atoms with van der Waals surface area (Å²) in [6.45, 7) is 1.74. The summed E-state index contributed by atoms with van der Waals surface area (Å²) in [6, 6.07) is 12.4. The second-order valence-electron chi connectivity index (χ2n) is 6.07. The molecule has 24 heavy (non-hydrogen) atoms. The molecule has 0 fully saturated rings. The third kappa shape index (κ3) is 2.83. The molecule has 1 aliphatic heterocycles. The molecule has 2 aromatic carbocycles. The Hall–Kier alpha value is -1.84. The van der Waals surface area contributed by atoms with Gasteiger partial charge >= 0.3 is 0 Å². The second kappa shape index (κ2) is 6.23. The highest BCUT2D eigenvalue weighted by Gasteiger charge is 2.28. The summed E-state index contributed by atoms with van der Waals surface area (Å²) in [6.07, 6.45) is 4.32. The van der Waals surface area contributed by atoms with Crippen LogP contribution >= 0.6 is 23.2 Å². The zero-order chi connectivity index (χ0) is 16.7. The van der Waals surface area contributed by atoms with Gasteiger partial charge in [-0.25, -0.2) is 13.5 Å². The molecule has 0 unspecified atom stereocenters. The Bertz CT molecular complexity index is 900. The topological polar surface area (TPSA) is 8.81 Å². The van der Waals surface area contributed by atoms with Crippen molar-refractivity contribution in [3.8, 4) is 11.3 Å². The van der Waals surface area contributed by atoms with Gasteiger partial charge in [0.2, 0.25) is 0 Å². The minimum absolute atomic E-state index is 0.212. The van der Waals surface area contributed by atoms with Crippen molar-refractivity contribution >= 4 is 23.2 Å². The molecule has 0 aliphatic carbocycles. The predicted octanol–water partition coefficient (Wildman–Crippen LogP) is 4.88. The summed E-state index contributed by atoms with van der Waals surface area (Å²) >= 11 is 12.1. The van der Waals surface area contributed by atoms with Gasteiger partial charge in [0.05, 0.1) is 23.0 Å². The number of fused-ring (bicyclic) bond motifs is 1. The fourth-order valence-electron chi connectivity index (χ4n) is 3.33. The van der Waals surface area contributed by atoms with Crippen LogP contribution in [-0.4, -0.2) is 4.57 Å². The van der Waals surface area contributed by atoms with Crippen LogP contribution < -0.4 is 4.57 Å². The molecule has 5 heteroatoms. The minimum atomic E-state index is -0.212. The van der Waals surface area contributed by atoms with E-state index in [2.05, 4.69) is 15.3 Å². The van der Waals surface area contributed by atoms with Crippen molar-refractivity contribution in [1.29, 1.82) is 0 Å². The van der Waals surface area contributed by atoms with Crippen LogP contribution in [0.2, 0.25) is 10.0 Å². The van der Waals surface area contributed by atoms with E-state index in [-0.39, 0.29) is 5.82 Å². The number of halogens is 3. The van der Waals surface area contributed by atoms with Crippen LogP contribution in [0.15, 0.2) is 48.7 Å². The van der Waals surface area contributed by atoms with Crippen LogP contribution in [0.1, 0.15) is 17.8 Å². The Morgan fingerprint density at radius 3 is 2.58 bits per heavy atom. The maximum absolute atomic E-state index is 13.2. The third-order valence-corrected chi connectivity index (χ3v) is 5.21. The molecular weight excluding hydrogens is 346 g/mol. The lowest BCUT2D eigenvalue weighted by atomic mass is 10.1. The van der Waals surface area contributed by atoms with E-state index in [0.29, 0.717) is 10.0 Å². The average molecular weight is 362 g/mol. The second-order valence-corrected chi connectivity index (χ2v) is 6.88. The van der Waals surface area contributed by atoms with Crippen molar-refractivity contribution in [3.05, 3.63) is 75.9 Å². The summed E-state index contributed by atoms with van der Waals surface area (Å²) in [5.74, 6) is 1.08. The van der Waals surface area contributed by atoms with Crippen LogP contribution in [-0.2, 0) is 19.5 Å². The van der Waals surface area contributed by atoms with Crippen LogP contribution in [0.3, 0.4) is 0 Å². The van der Waals surface area contributed by atoms with Gasteiger partial charge in [-0.15, -0.1) is 0 Å². The van der Waals surface area contributed by atoms with E-state index in [4.69, 9.17) is 23.2 Å². The largest absolute Gasteiger partial charge is 0.257 e. The predicted molar refractivity (Wildman–Crippen MR) is 93.9 cm³/mol. The highest BCUT2D eigenvalue weighted by atomic mass is 35.5. The van der Waals surface area contributed by atoms with Gasteiger partial charge in [0.1, 0.15) is 18.6 Å². The Morgan fingerprint density at radius 2 is 1.83 bits per heavy atom. The highest BCUT2D eigenvalue weighted by molar-refractivity contribution is 6.42. The maximum atomic E-state index is 13.2.